The number of esters is 1. The third-order valence-corrected chi connectivity index (χ3v) is 13.4. The predicted octanol–water partition coefficient (Wildman–Crippen LogP) is 14.2. The summed E-state index contributed by atoms with van der Waals surface area (Å²) in [5, 5.41) is 7.02. The number of cyclic esters (lactones) is 1. The summed E-state index contributed by atoms with van der Waals surface area (Å²) in [7, 11) is 6.30. The van der Waals surface area contributed by atoms with Gasteiger partial charge in [0, 0.05) is 52.9 Å². The molecular weight excluding hydrogens is 937 g/mol. The predicted molar refractivity (Wildman–Crippen MR) is 266 cm³/mol. The lowest BCUT2D eigenvalue weighted by Crippen LogP contribution is -2.23. The van der Waals surface area contributed by atoms with Crippen molar-refractivity contribution in [3.63, 3.8) is 0 Å². The van der Waals surface area contributed by atoms with E-state index in [0.717, 1.165) is 46.5 Å². The maximum atomic E-state index is 14.6. The van der Waals surface area contributed by atoms with E-state index in [-0.39, 0.29) is 31.2 Å². The van der Waals surface area contributed by atoms with Crippen LogP contribution in [0.15, 0.2) is 84.9 Å². The van der Waals surface area contributed by atoms with E-state index in [4.69, 9.17) is 93.3 Å². The number of alkyl halides is 2. The minimum absolute atomic E-state index is 0.00803. The molecule has 64 heavy (non-hydrogen) atoms. The summed E-state index contributed by atoms with van der Waals surface area (Å²) in [5.74, 6) is 2.19. The van der Waals surface area contributed by atoms with Crippen LogP contribution in [0.2, 0.25) is 20.1 Å². The number of halogens is 6. The average molecular weight is 988 g/mol. The zero-order chi connectivity index (χ0) is 46.1. The molecule has 338 valence electrons. The maximum absolute atomic E-state index is 14.6. The van der Waals surface area contributed by atoms with Gasteiger partial charge in [0.1, 0.15) is 0 Å². The molecule has 0 unspecified atom stereocenters. The van der Waals surface area contributed by atoms with Crippen LogP contribution in [0.5, 0.6) is 23.0 Å². The van der Waals surface area contributed by atoms with Crippen LogP contribution in [0.25, 0.3) is 11.1 Å². The smallest absolute Gasteiger partial charge is 0.341 e. The van der Waals surface area contributed by atoms with E-state index < -0.39 is 11.6 Å². The maximum Gasteiger partial charge on any atom is 0.341 e. The summed E-state index contributed by atoms with van der Waals surface area (Å²) in [5.41, 5.74) is 6.47. The molecule has 0 saturated heterocycles. The second-order valence-corrected chi connectivity index (χ2v) is 17.1. The third-order valence-electron chi connectivity index (χ3n) is 11.0. The molecule has 0 fully saturated rings. The molecular formula is C50H50Cl6N2O6. The Morgan fingerprint density at radius 3 is 1.44 bits per heavy atom. The molecule has 0 atom stereocenters. The highest BCUT2D eigenvalue weighted by Crippen LogP contribution is 2.54. The lowest BCUT2D eigenvalue weighted by atomic mass is 9.82. The van der Waals surface area contributed by atoms with Crippen molar-refractivity contribution in [2.75, 3.05) is 63.9 Å². The number of benzene rings is 5. The molecule has 5 aromatic carbocycles. The van der Waals surface area contributed by atoms with Crippen LogP contribution >= 0.6 is 69.6 Å². The van der Waals surface area contributed by atoms with Gasteiger partial charge >= 0.3 is 5.97 Å². The van der Waals surface area contributed by atoms with Gasteiger partial charge in [-0.05, 0) is 108 Å². The Morgan fingerprint density at radius 1 is 0.594 bits per heavy atom. The summed E-state index contributed by atoms with van der Waals surface area (Å²) in [6.45, 7) is 5.38. The normalized spacial score (nSPS) is 14.8. The van der Waals surface area contributed by atoms with Crippen LogP contribution in [-0.4, -0.2) is 59.3 Å². The molecule has 0 bridgehead atoms. The molecule has 1 aliphatic heterocycles. The monoisotopic (exact) mass is 984 g/mol. The first kappa shape index (κ1) is 49.0. The Bertz CT molecular complexity index is 2450. The van der Waals surface area contributed by atoms with Gasteiger partial charge in [0.05, 0.1) is 54.1 Å². The summed E-state index contributed by atoms with van der Waals surface area (Å²) in [4.78, 5) is 14.6. The molecule has 0 aromatic heterocycles. The average Bonchev–Trinajstić information content (AvgIpc) is 3.61. The van der Waals surface area contributed by atoms with E-state index in [1.54, 1.807) is 28.4 Å². The highest BCUT2D eigenvalue weighted by atomic mass is 35.5. The molecule has 14 heteroatoms. The van der Waals surface area contributed by atoms with Gasteiger partial charge in [0.15, 0.2) is 28.6 Å². The lowest BCUT2D eigenvalue weighted by molar-refractivity contribution is 0.0300. The molecule has 0 spiro atoms. The van der Waals surface area contributed by atoms with E-state index in [9.17, 15) is 4.79 Å². The number of methoxy groups -OCH3 is 4. The molecule has 1 heterocycles. The van der Waals surface area contributed by atoms with Gasteiger partial charge in [-0.2, -0.15) is 0 Å². The Hall–Kier alpha value is -4.41. The lowest BCUT2D eigenvalue weighted by Gasteiger charge is -2.28. The summed E-state index contributed by atoms with van der Waals surface area (Å²) in [6, 6.07) is 23.7. The highest BCUT2D eigenvalue weighted by Gasteiger charge is 2.48. The van der Waals surface area contributed by atoms with E-state index in [0.29, 0.717) is 83.0 Å². The number of hydrogen-bond acceptors (Lipinski definition) is 8. The van der Waals surface area contributed by atoms with Crippen LogP contribution < -0.4 is 29.6 Å². The summed E-state index contributed by atoms with van der Waals surface area (Å²) in [6.07, 6.45) is 6.75. The van der Waals surface area contributed by atoms with Crippen LogP contribution in [0.1, 0.15) is 76.0 Å². The van der Waals surface area contributed by atoms with Crippen LogP contribution in [0.4, 0.5) is 11.4 Å². The SMILES string of the molecule is CCc1ccc(C(=CC2(C=C(c3ccc(OC)c(OC)c3)c3ccc(CC)cc3NCCCCl)OC(=O)c3c(Cl)c(Cl)c(Cl)c(Cl)c32)c2ccc(OC)c(OC)c2)c(NCCCCl)c1. The molecule has 8 nitrogen and oxygen atoms in total. The zero-order valence-electron chi connectivity index (χ0n) is 36.5. The first-order valence-corrected chi connectivity index (χ1v) is 23.4. The minimum Gasteiger partial charge on any atom is -0.493 e. The topological polar surface area (TPSA) is 87.3 Å². The van der Waals surface area contributed by atoms with Crippen LogP contribution in [0.3, 0.4) is 0 Å². The number of carbonyl (C=O) groups excluding carboxylic acids is 1. The molecule has 0 aliphatic carbocycles. The number of fused-ring (bicyclic) bond motifs is 1. The Labute approximate surface area is 405 Å². The summed E-state index contributed by atoms with van der Waals surface area (Å²) >= 11 is 40.3. The number of nitrogens with one attached hydrogen (secondary N) is 2. The summed E-state index contributed by atoms with van der Waals surface area (Å²) < 4.78 is 29.8. The molecule has 0 radical (unpaired) electrons. The van der Waals surface area contributed by atoms with Crippen molar-refractivity contribution in [2.24, 2.45) is 0 Å². The fourth-order valence-electron chi connectivity index (χ4n) is 7.72. The number of hydrogen-bond donors (Lipinski definition) is 2. The van der Waals surface area contributed by atoms with Gasteiger partial charge in [-0.1, -0.05) is 96.6 Å². The van der Waals surface area contributed by atoms with Crippen molar-refractivity contribution in [2.45, 2.75) is 45.1 Å². The molecule has 2 N–H and O–H groups in total. The number of rotatable bonds is 20. The van der Waals surface area contributed by atoms with E-state index >= 15 is 0 Å². The van der Waals surface area contributed by atoms with Crippen LogP contribution in [-0.2, 0) is 23.2 Å². The van der Waals surface area contributed by atoms with E-state index in [1.165, 1.54) is 0 Å². The first-order chi connectivity index (χ1) is 30.9. The van der Waals surface area contributed by atoms with Gasteiger partial charge in [-0.15, -0.1) is 23.2 Å². The van der Waals surface area contributed by atoms with Gasteiger partial charge in [-0.25, -0.2) is 4.79 Å². The Kier molecular flexibility index (Phi) is 17.0. The Balaban J connectivity index is 1.84. The second-order valence-electron chi connectivity index (χ2n) is 14.8. The highest BCUT2D eigenvalue weighted by molar-refractivity contribution is 6.53. The van der Waals surface area contributed by atoms with E-state index in [1.807, 2.05) is 60.7 Å². The molecule has 0 amide bonds. The zero-order valence-corrected chi connectivity index (χ0v) is 41.0. The number of ether oxygens (including phenoxy) is 5. The first-order valence-electron chi connectivity index (χ1n) is 20.8. The fraction of sp³-hybridized carbons (Fsp3) is 0.300. The van der Waals surface area contributed by atoms with Crippen molar-refractivity contribution >= 4 is 98.1 Å². The minimum atomic E-state index is -1.82. The van der Waals surface area contributed by atoms with Crippen LogP contribution in [0, 0.1) is 0 Å². The van der Waals surface area contributed by atoms with E-state index in [2.05, 4.69) is 48.7 Å². The molecule has 5 aromatic rings. The van der Waals surface area contributed by atoms with Gasteiger partial charge in [-0.3, -0.25) is 0 Å². The Morgan fingerprint density at radius 2 is 1.03 bits per heavy atom. The molecule has 6 rings (SSSR count). The van der Waals surface area contributed by atoms with Crippen molar-refractivity contribution in [3.05, 3.63) is 150 Å². The largest absolute Gasteiger partial charge is 0.493 e. The van der Waals surface area contributed by atoms with Gasteiger partial charge in [0.25, 0.3) is 0 Å². The van der Waals surface area contributed by atoms with Gasteiger partial charge < -0.3 is 34.3 Å². The molecule has 1 aliphatic rings. The van der Waals surface area contributed by atoms with Crippen molar-refractivity contribution in [1.29, 1.82) is 0 Å². The standard InChI is InChI=1S/C50H50Cl6N2O6/c1-7-29-11-15-33(37(23-29)57-21-9-19-51)35(31-13-17-39(60-3)41(25-31)62-5)27-50(44-43(49(59)64-50)45(53)47(55)48(56)46(44)54)28-36(32-14-18-40(61-4)42(26-32)63-6)34-16-12-30(8-2)24-38(34)58-22-10-20-52/h11-18,23-28,57-58H,7-10,19-22H2,1-6H3. The van der Waals surface area contributed by atoms with Crippen molar-refractivity contribution in [3.8, 4) is 23.0 Å². The van der Waals surface area contributed by atoms with Crippen molar-refractivity contribution in [1.82, 2.24) is 0 Å². The van der Waals surface area contributed by atoms with Crippen molar-refractivity contribution < 1.29 is 28.5 Å². The number of anilines is 2. The molecule has 0 saturated carbocycles. The quantitative estimate of drug-likeness (QED) is 0.0262. The third kappa shape index (κ3) is 10.2. The number of carbonyl (C=O) groups is 1. The van der Waals surface area contributed by atoms with Gasteiger partial charge in [0.2, 0.25) is 0 Å². The number of aryl methyl sites for hydroxylation is 2. The second kappa shape index (κ2) is 22.2. The fourth-order valence-corrected chi connectivity index (χ4v) is 9.07.